The third kappa shape index (κ3) is 3.80. The number of carboxylic acids is 1. The number of carboxylic acid groups (broad SMARTS) is 1. The van der Waals surface area contributed by atoms with Crippen molar-refractivity contribution in [3.05, 3.63) is 23.0 Å². The largest absolute Gasteiger partial charge is 0.479 e. The van der Waals surface area contributed by atoms with Crippen LogP contribution in [-0.2, 0) is 16.1 Å². The zero-order valence-electron chi connectivity index (χ0n) is 9.56. The van der Waals surface area contributed by atoms with Crippen LogP contribution in [-0.4, -0.2) is 33.8 Å². The van der Waals surface area contributed by atoms with Crippen molar-refractivity contribution in [3.63, 3.8) is 0 Å². The van der Waals surface area contributed by atoms with Gasteiger partial charge in [0.05, 0.1) is 17.0 Å². The van der Waals surface area contributed by atoms with Crippen LogP contribution >= 0.6 is 0 Å². The molecule has 7 heteroatoms. The van der Waals surface area contributed by atoms with E-state index in [0.717, 1.165) is 0 Å². The van der Waals surface area contributed by atoms with Gasteiger partial charge in [0.25, 0.3) is 5.91 Å². The van der Waals surface area contributed by atoms with E-state index in [9.17, 15) is 9.59 Å². The number of rotatable bonds is 5. The molecule has 0 aliphatic rings. The fraction of sp³-hybridized carbons (Fsp3) is 0.400. The highest BCUT2D eigenvalue weighted by atomic mass is 16.7. The molecule has 17 heavy (non-hydrogen) atoms. The quantitative estimate of drug-likeness (QED) is 0.706. The summed E-state index contributed by atoms with van der Waals surface area (Å²) in [6, 6.07) is 1.57. The lowest BCUT2D eigenvalue weighted by Crippen LogP contribution is -2.28. The van der Waals surface area contributed by atoms with E-state index in [4.69, 9.17) is 5.11 Å². The van der Waals surface area contributed by atoms with Crippen LogP contribution in [0.4, 0.5) is 0 Å². The Morgan fingerprint density at radius 1 is 1.47 bits per heavy atom. The van der Waals surface area contributed by atoms with Gasteiger partial charge in [-0.2, -0.15) is 10.2 Å². The Morgan fingerprint density at radius 2 is 2.18 bits per heavy atom. The maximum absolute atomic E-state index is 11.7. The molecule has 0 spiro atoms. The van der Waals surface area contributed by atoms with Gasteiger partial charge in [0.2, 0.25) is 0 Å². The van der Waals surface area contributed by atoms with E-state index in [-0.39, 0.29) is 0 Å². The standard InChI is InChI=1S/C10H13N3O4/c1-3-8-7(4-6(2)11-12-8)10(16)13-17-5-9(14)15/h4H,3,5H2,1-2H3,(H,13,16)(H,14,15). The summed E-state index contributed by atoms with van der Waals surface area (Å²) < 4.78 is 0. The fourth-order valence-corrected chi connectivity index (χ4v) is 1.19. The molecule has 0 fully saturated rings. The normalized spacial score (nSPS) is 10.0. The Morgan fingerprint density at radius 3 is 2.76 bits per heavy atom. The van der Waals surface area contributed by atoms with Gasteiger partial charge >= 0.3 is 5.97 Å². The predicted octanol–water partition coefficient (Wildman–Crippen LogP) is 0.0934. The van der Waals surface area contributed by atoms with Gasteiger partial charge in [-0.3, -0.25) is 9.63 Å². The van der Waals surface area contributed by atoms with E-state index in [1.165, 1.54) is 0 Å². The molecule has 1 amide bonds. The summed E-state index contributed by atoms with van der Waals surface area (Å²) in [5.41, 5.74) is 3.52. The summed E-state index contributed by atoms with van der Waals surface area (Å²) in [6.07, 6.45) is 0.551. The zero-order valence-corrected chi connectivity index (χ0v) is 9.56. The van der Waals surface area contributed by atoms with Crippen molar-refractivity contribution in [3.8, 4) is 0 Å². The van der Waals surface area contributed by atoms with Crippen LogP contribution in [0.5, 0.6) is 0 Å². The van der Waals surface area contributed by atoms with Crippen LogP contribution in [0.25, 0.3) is 0 Å². The summed E-state index contributed by atoms with van der Waals surface area (Å²) in [6.45, 7) is 2.96. The maximum atomic E-state index is 11.7. The second kappa shape index (κ2) is 5.90. The average Bonchev–Trinajstić information content (AvgIpc) is 2.28. The van der Waals surface area contributed by atoms with Crippen molar-refractivity contribution in [2.24, 2.45) is 0 Å². The van der Waals surface area contributed by atoms with Crippen molar-refractivity contribution in [1.82, 2.24) is 15.7 Å². The van der Waals surface area contributed by atoms with Gasteiger partial charge in [0, 0.05) is 0 Å². The molecule has 1 heterocycles. The number of carbonyl (C=O) groups is 2. The number of carbonyl (C=O) groups excluding carboxylic acids is 1. The maximum Gasteiger partial charge on any atom is 0.332 e. The van der Waals surface area contributed by atoms with E-state index >= 15 is 0 Å². The van der Waals surface area contributed by atoms with Gasteiger partial charge in [0.15, 0.2) is 6.61 Å². The van der Waals surface area contributed by atoms with Crippen LogP contribution in [0.1, 0.15) is 28.7 Å². The van der Waals surface area contributed by atoms with E-state index in [0.29, 0.717) is 23.4 Å². The number of hydroxylamine groups is 1. The molecule has 0 aromatic carbocycles. The molecule has 1 aromatic heterocycles. The Bertz CT molecular complexity index is 434. The molecule has 0 aliphatic heterocycles. The summed E-state index contributed by atoms with van der Waals surface area (Å²) in [7, 11) is 0. The van der Waals surface area contributed by atoms with Crippen LogP contribution in [0.3, 0.4) is 0 Å². The molecule has 92 valence electrons. The number of hydrogen-bond acceptors (Lipinski definition) is 5. The van der Waals surface area contributed by atoms with Crippen molar-refractivity contribution in [2.45, 2.75) is 20.3 Å². The fourth-order valence-electron chi connectivity index (χ4n) is 1.19. The van der Waals surface area contributed by atoms with Crippen LogP contribution in [0, 0.1) is 6.92 Å². The smallest absolute Gasteiger partial charge is 0.332 e. The first-order valence-electron chi connectivity index (χ1n) is 5.01. The Kier molecular flexibility index (Phi) is 4.53. The SMILES string of the molecule is CCc1nnc(C)cc1C(=O)NOCC(=O)O. The van der Waals surface area contributed by atoms with Crippen LogP contribution < -0.4 is 5.48 Å². The molecule has 0 unspecified atom stereocenters. The number of nitrogens with one attached hydrogen (secondary N) is 1. The first kappa shape index (κ1) is 13.0. The van der Waals surface area contributed by atoms with E-state index < -0.39 is 18.5 Å². The average molecular weight is 239 g/mol. The lowest BCUT2D eigenvalue weighted by atomic mass is 10.1. The van der Waals surface area contributed by atoms with Gasteiger partial charge in [-0.05, 0) is 19.4 Å². The Hall–Kier alpha value is -2.02. The summed E-state index contributed by atoms with van der Waals surface area (Å²) in [5, 5.41) is 16.1. The monoisotopic (exact) mass is 239 g/mol. The molecule has 0 saturated heterocycles. The van der Waals surface area contributed by atoms with Crippen molar-refractivity contribution < 1.29 is 19.5 Å². The zero-order chi connectivity index (χ0) is 12.8. The number of aromatic nitrogens is 2. The van der Waals surface area contributed by atoms with Gasteiger partial charge in [-0.15, -0.1) is 0 Å². The lowest BCUT2D eigenvalue weighted by molar-refractivity contribution is -0.144. The molecule has 0 atom stereocenters. The molecular weight excluding hydrogens is 226 g/mol. The van der Waals surface area contributed by atoms with Crippen LogP contribution in [0.2, 0.25) is 0 Å². The Balaban J connectivity index is 2.73. The topological polar surface area (TPSA) is 101 Å². The molecule has 0 saturated carbocycles. The van der Waals surface area contributed by atoms with E-state index in [2.05, 4.69) is 15.0 Å². The van der Waals surface area contributed by atoms with Gasteiger partial charge in [-0.25, -0.2) is 10.3 Å². The lowest BCUT2D eigenvalue weighted by Gasteiger charge is -2.07. The highest BCUT2D eigenvalue weighted by molar-refractivity contribution is 5.94. The van der Waals surface area contributed by atoms with Gasteiger partial charge in [-0.1, -0.05) is 6.92 Å². The van der Waals surface area contributed by atoms with Gasteiger partial charge < -0.3 is 5.11 Å². The number of hydrogen-bond donors (Lipinski definition) is 2. The first-order valence-corrected chi connectivity index (χ1v) is 5.01. The third-order valence-corrected chi connectivity index (χ3v) is 1.93. The second-order valence-electron chi connectivity index (χ2n) is 3.31. The molecule has 1 rings (SSSR count). The third-order valence-electron chi connectivity index (χ3n) is 1.93. The molecule has 0 bridgehead atoms. The minimum atomic E-state index is -1.16. The first-order chi connectivity index (χ1) is 8.04. The molecule has 0 aliphatic carbocycles. The number of aryl methyl sites for hydroxylation is 2. The van der Waals surface area contributed by atoms with Crippen molar-refractivity contribution >= 4 is 11.9 Å². The number of amides is 1. The van der Waals surface area contributed by atoms with Crippen LogP contribution in [0.15, 0.2) is 6.07 Å². The van der Waals surface area contributed by atoms with E-state index in [1.807, 2.05) is 12.4 Å². The molecule has 1 aromatic rings. The predicted molar refractivity (Wildman–Crippen MR) is 57.2 cm³/mol. The van der Waals surface area contributed by atoms with E-state index in [1.54, 1.807) is 13.0 Å². The summed E-state index contributed by atoms with van der Waals surface area (Å²) >= 11 is 0. The van der Waals surface area contributed by atoms with Crippen molar-refractivity contribution in [1.29, 1.82) is 0 Å². The minimum absolute atomic E-state index is 0.338. The highest BCUT2D eigenvalue weighted by Crippen LogP contribution is 2.07. The Labute approximate surface area is 97.8 Å². The minimum Gasteiger partial charge on any atom is -0.479 e. The molecule has 0 radical (unpaired) electrons. The summed E-state index contributed by atoms with van der Waals surface area (Å²) in [5.74, 6) is -1.69. The van der Waals surface area contributed by atoms with Gasteiger partial charge in [0.1, 0.15) is 0 Å². The molecule has 2 N–H and O–H groups in total. The second-order valence-corrected chi connectivity index (χ2v) is 3.31. The number of nitrogens with zero attached hydrogens (tertiary/aromatic N) is 2. The van der Waals surface area contributed by atoms with Crippen molar-refractivity contribution in [2.75, 3.05) is 6.61 Å². The molecular formula is C10H13N3O4. The highest BCUT2D eigenvalue weighted by Gasteiger charge is 2.13. The molecule has 7 nitrogen and oxygen atoms in total. The number of aliphatic carboxylic acids is 1. The summed E-state index contributed by atoms with van der Waals surface area (Å²) in [4.78, 5) is 26.4.